The molecule has 0 atom stereocenters. The zero-order valence-electron chi connectivity index (χ0n) is 10.3. The number of carbonyl (C=O) groups is 1. The van der Waals surface area contributed by atoms with Gasteiger partial charge in [-0.25, -0.2) is 9.78 Å². The zero-order chi connectivity index (χ0) is 13.8. The number of benzene rings is 1. The molecule has 0 aliphatic carbocycles. The topological polar surface area (TPSA) is 60.5 Å². The van der Waals surface area contributed by atoms with E-state index in [9.17, 15) is 4.79 Å². The van der Waals surface area contributed by atoms with Crippen LogP contribution in [0.1, 0.15) is 9.67 Å². The molecule has 1 N–H and O–H groups in total. The number of halogens is 1. The monoisotopic (exact) mass is 342 g/mol. The predicted octanol–water partition coefficient (Wildman–Crippen LogP) is 3.44. The van der Waals surface area contributed by atoms with Crippen LogP contribution in [0.2, 0.25) is 0 Å². The van der Waals surface area contributed by atoms with Gasteiger partial charge in [-0.2, -0.15) is 0 Å². The predicted molar refractivity (Wildman–Crippen MR) is 77.4 cm³/mol. The summed E-state index contributed by atoms with van der Waals surface area (Å²) in [4.78, 5) is 15.9. The van der Waals surface area contributed by atoms with Crippen LogP contribution in [-0.4, -0.2) is 25.2 Å². The normalized spacial score (nSPS) is 10.1. The minimum atomic E-state index is -0.388. The Bertz CT molecular complexity index is 600. The highest BCUT2D eigenvalue weighted by Crippen LogP contribution is 2.30. The van der Waals surface area contributed by atoms with Crippen molar-refractivity contribution in [2.45, 2.75) is 0 Å². The highest BCUT2D eigenvalue weighted by Gasteiger charge is 2.11. The average molecular weight is 343 g/mol. The van der Waals surface area contributed by atoms with E-state index in [1.54, 1.807) is 7.11 Å². The molecule has 0 saturated carbocycles. The molecule has 1 aromatic carbocycles. The highest BCUT2D eigenvalue weighted by molar-refractivity contribution is 9.10. The standard InChI is InChI=1S/C12H11BrN2O3S/c1-17-9-4-3-7(5-8(9)13)15-12-14-6-10(19-12)11(16)18-2/h3-6H,1-2H3,(H,14,15). The fourth-order valence-electron chi connectivity index (χ4n) is 1.39. The summed E-state index contributed by atoms with van der Waals surface area (Å²) in [5.74, 6) is 0.362. The van der Waals surface area contributed by atoms with Gasteiger partial charge in [-0.1, -0.05) is 11.3 Å². The average Bonchev–Trinajstić information content (AvgIpc) is 2.86. The molecule has 2 rings (SSSR count). The van der Waals surface area contributed by atoms with Crippen molar-refractivity contribution in [2.75, 3.05) is 19.5 Å². The van der Waals surface area contributed by atoms with E-state index in [1.807, 2.05) is 18.2 Å². The van der Waals surface area contributed by atoms with Gasteiger partial charge in [0.15, 0.2) is 5.13 Å². The number of esters is 1. The third-order valence-corrected chi connectivity index (χ3v) is 3.81. The lowest BCUT2D eigenvalue weighted by atomic mass is 10.3. The smallest absolute Gasteiger partial charge is 0.349 e. The maximum atomic E-state index is 11.3. The van der Waals surface area contributed by atoms with Crippen molar-refractivity contribution < 1.29 is 14.3 Å². The summed E-state index contributed by atoms with van der Waals surface area (Å²) in [6.45, 7) is 0. The van der Waals surface area contributed by atoms with Crippen molar-refractivity contribution in [3.05, 3.63) is 33.7 Å². The zero-order valence-corrected chi connectivity index (χ0v) is 12.7. The van der Waals surface area contributed by atoms with Crippen LogP contribution in [0.15, 0.2) is 28.9 Å². The largest absolute Gasteiger partial charge is 0.496 e. The van der Waals surface area contributed by atoms with E-state index in [1.165, 1.54) is 24.6 Å². The van der Waals surface area contributed by atoms with Crippen LogP contribution >= 0.6 is 27.3 Å². The second-order valence-corrected chi connectivity index (χ2v) is 5.38. The van der Waals surface area contributed by atoms with Gasteiger partial charge in [-0.05, 0) is 34.1 Å². The Morgan fingerprint density at radius 3 is 2.84 bits per heavy atom. The first kappa shape index (κ1) is 13.8. The summed E-state index contributed by atoms with van der Waals surface area (Å²) in [5, 5.41) is 3.73. The molecule has 0 saturated heterocycles. The molecule has 0 aliphatic heterocycles. The van der Waals surface area contributed by atoms with E-state index in [2.05, 4.69) is 31.0 Å². The number of rotatable bonds is 4. The van der Waals surface area contributed by atoms with Crippen molar-refractivity contribution >= 4 is 44.1 Å². The van der Waals surface area contributed by atoms with Gasteiger partial charge in [0, 0.05) is 5.69 Å². The van der Waals surface area contributed by atoms with Crippen LogP contribution in [0.4, 0.5) is 10.8 Å². The first-order valence-electron chi connectivity index (χ1n) is 5.28. The number of carbonyl (C=O) groups excluding carboxylic acids is 1. The molecule has 0 bridgehead atoms. The molecule has 19 heavy (non-hydrogen) atoms. The highest BCUT2D eigenvalue weighted by atomic mass is 79.9. The molecule has 100 valence electrons. The van der Waals surface area contributed by atoms with Crippen LogP contribution in [-0.2, 0) is 4.74 Å². The Morgan fingerprint density at radius 1 is 1.42 bits per heavy atom. The summed E-state index contributed by atoms with van der Waals surface area (Å²) in [5.41, 5.74) is 0.846. The molecule has 0 fully saturated rings. The van der Waals surface area contributed by atoms with E-state index >= 15 is 0 Å². The summed E-state index contributed by atoms with van der Waals surface area (Å²) < 4.78 is 10.6. The van der Waals surface area contributed by atoms with Crippen LogP contribution < -0.4 is 10.1 Å². The Hall–Kier alpha value is -1.60. The number of hydrogen-bond donors (Lipinski definition) is 1. The fourth-order valence-corrected chi connectivity index (χ4v) is 2.69. The van der Waals surface area contributed by atoms with Gasteiger partial charge >= 0.3 is 5.97 Å². The van der Waals surface area contributed by atoms with Gasteiger partial charge in [-0.3, -0.25) is 0 Å². The number of thiazole rings is 1. The van der Waals surface area contributed by atoms with E-state index < -0.39 is 0 Å². The van der Waals surface area contributed by atoms with E-state index in [0.717, 1.165) is 15.9 Å². The first-order valence-corrected chi connectivity index (χ1v) is 6.89. The Balaban J connectivity index is 2.15. The van der Waals surface area contributed by atoms with Crippen molar-refractivity contribution in [2.24, 2.45) is 0 Å². The van der Waals surface area contributed by atoms with Crippen LogP contribution in [0.5, 0.6) is 5.75 Å². The minimum absolute atomic E-state index is 0.388. The molecular weight excluding hydrogens is 332 g/mol. The van der Waals surface area contributed by atoms with Crippen LogP contribution in [0.25, 0.3) is 0 Å². The number of methoxy groups -OCH3 is 2. The molecule has 1 aromatic heterocycles. The third kappa shape index (κ3) is 3.24. The number of aromatic nitrogens is 1. The molecule has 1 heterocycles. The number of ether oxygens (including phenoxy) is 2. The van der Waals surface area contributed by atoms with Gasteiger partial charge in [-0.15, -0.1) is 0 Å². The van der Waals surface area contributed by atoms with Gasteiger partial charge in [0.05, 0.1) is 24.9 Å². The Morgan fingerprint density at radius 2 is 2.21 bits per heavy atom. The van der Waals surface area contributed by atoms with Crippen molar-refractivity contribution in [3.63, 3.8) is 0 Å². The molecule has 7 heteroatoms. The molecule has 0 amide bonds. The Labute approximate surface area is 122 Å². The molecule has 2 aromatic rings. The maximum absolute atomic E-state index is 11.3. The molecule has 0 spiro atoms. The number of nitrogens with one attached hydrogen (secondary N) is 1. The lowest BCUT2D eigenvalue weighted by Gasteiger charge is -2.06. The molecule has 5 nitrogen and oxygen atoms in total. The lowest BCUT2D eigenvalue weighted by molar-refractivity contribution is 0.0606. The molecule has 0 aliphatic rings. The van der Waals surface area contributed by atoms with Crippen LogP contribution in [0, 0.1) is 0 Å². The Kier molecular flexibility index (Phi) is 4.39. The summed E-state index contributed by atoms with van der Waals surface area (Å²) in [6.07, 6.45) is 1.48. The summed E-state index contributed by atoms with van der Waals surface area (Å²) >= 11 is 4.64. The maximum Gasteiger partial charge on any atom is 0.349 e. The second-order valence-electron chi connectivity index (χ2n) is 3.50. The van der Waals surface area contributed by atoms with Gasteiger partial charge in [0.2, 0.25) is 0 Å². The van der Waals surface area contributed by atoms with Crippen molar-refractivity contribution in [3.8, 4) is 5.75 Å². The van der Waals surface area contributed by atoms with E-state index in [0.29, 0.717) is 10.0 Å². The minimum Gasteiger partial charge on any atom is -0.496 e. The second kappa shape index (κ2) is 6.03. The van der Waals surface area contributed by atoms with Crippen molar-refractivity contribution in [1.29, 1.82) is 0 Å². The summed E-state index contributed by atoms with van der Waals surface area (Å²) in [7, 11) is 2.95. The SMILES string of the molecule is COC(=O)c1cnc(Nc2ccc(OC)c(Br)c2)s1. The molecule has 0 unspecified atom stereocenters. The number of anilines is 2. The van der Waals surface area contributed by atoms with Gasteiger partial charge in [0.25, 0.3) is 0 Å². The number of nitrogens with zero attached hydrogens (tertiary/aromatic N) is 1. The molecule has 0 radical (unpaired) electrons. The van der Waals surface area contributed by atoms with Gasteiger partial charge in [0.1, 0.15) is 10.6 Å². The third-order valence-electron chi connectivity index (χ3n) is 2.30. The first-order chi connectivity index (χ1) is 9.13. The van der Waals surface area contributed by atoms with Crippen molar-refractivity contribution in [1.82, 2.24) is 4.98 Å². The van der Waals surface area contributed by atoms with Crippen LogP contribution in [0.3, 0.4) is 0 Å². The number of hydrogen-bond acceptors (Lipinski definition) is 6. The lowest BCUT2D eigenvalue weighted by Crippen LogP contribution is -1.96. The van der Waals surface area contributed by atoms with E-state index in [-0.39, 0.29) is 5.97 Å². The molecular formula is C12H11BrN2O3S. The fraction of sp³-hybridized carbons (Fsp3) is 0.167. The summed E-state index contributed by atoms with van der Waals surface area (Å²) in [6, 6.07) is 5.57. The quantitative estimate of drug-likeness (QED) is 0.862. The van der Waals surface area contributed by atoms with Gasteiger partial charge < -0.3 is 14.8 Å². The van der Waals surface area contributed by atoms with E-state index in [4.69, 9.17) is 4.74 Å².